The monoisotopic (exact) mass is 369 g/mol. The van der Waals surface area contributed by atoms with Gasteiger partial charge in [0.1, 0.15) is 11.5 Å². The lowest BCUT2D eigenvalue weighted by Crippen LogP contribution is -2.43. The van der Waals surface area contributed by atoms with Gasteiger partial charge in [-0.15, -0.1) is 0 Å². The Morgan fingerprint density at radius 2 is 1.78 bits per heavy atom. The Kier molecular flexibility index (Phi) is 6.54. The predicted molar refractivity (Wildman–Crippen MR) is 103 cm³/mol. The van der Waals surface area contributed by atoms with E-state index in [1.54, 1.807) is 36.4 Å². The zero-order chi connectivity index (χ0) is 19.9. The number of ether oxygens (including phenoxy) is 1. The van der Waals surface area contributed by atoms with Crippen molar-refractivity contribution in [3.8, 4) is 11.5 Å². The molecule has 0 saturated carbocycles. The molecule has 0 aliphatic heterocycles. The Balaban J connectivity index is 1.85. The molecular weight excluding hydrogens is 346 g/mol. The summed E-state index contributed by atoms with van der Waals surface area (Å²) in [6.07, 6.45) is 1.47. The third-order valence-electron chi connectivity index (χ3n) is 3.29. The van der Waals surface area contributed by atoms with Crippen LogP contribution in [0.15, 0.2) is 53.6 Å². The largest absolute Gasteiger partial charge is 0.507 e. The molecule has 0 fully saturated rings. The van der Waals surface area contributed by atoms with E-state index in [0.29, 0.717) is 5.75 Å². The first-order valence-electron chi connectivity index (χ1n) is 8.40. The van der Waals surface area contributed by atoms with Crippen molar-refractivity contribution in [2.45, 2.75) is 26.3 Å². The number of phenolic OH excluding ortho intramolecular Hbond substituents is 1. The van der Waals surface area contributed by atoms with Crippen molar-refractivity contribution >= 4 is 18.0 Å². The van der Waals surface area contributed by atoms with E-state index in [0.717, 1.165) is 5.56 Å². The fourth-order valence-electron chi connectivity index (χ4n) is 2.14. The van der Waals surface area contributed by atoms with Crippen molar-refractivity contribution in [1.29, 1.82) is 0 Å². The second-order valence-corrected chi connectivity index (χ2v) is 6.87. The number of rotatable bonds is 6. The summed E-state index contributed by atoms with van der Waals surface area (Å²) in [5.41, 5.74) is 2.93. The van der Waals surface area contributed by atoms with Crippen LogP contribution in [0.5, 0.6) is 11.5 Å². The summed E-state index contributed by atoms with van der Waals surface area (Å²) in [6.45, 7) is 5.63. The summed E-state index contributed by atoms with van der Waals surface area (Å²) < 4.78 is 5.43. The van der Waals surface area contributed by atoms with Gasteiger partial charge in [-0.2, -0.15) is 5.10 Å². The van der Waals surface area contributed by atoms with E-state index in [1.165, 1.54) is 18.3 Å². The van der Waals surface area contributed by atoms with Gasteiger partial charge in [0.15, 0.2) is 6.61 Å². The van der Waals surface area contributed by atoms with Crippen molar-refractivity contribution in [3.63, 3.8) is 0 Å². The molecule has 0 unspecified atom stereocenters. The molecule has 0 saturated heterocycles. The summed E-state index contributed by atoms with van der Waals surface area (Å²) in [6, 6.07) is 13.1. The number of para-hydroxylation sites is 1. The number of hydrazone groups is 1. The smallest absolute Gasteiger partial charge is 0.275 e. The highest BCUT2D eigenvalue weighted by molar-refractivity contribution is 5.97. The lowest BCUT2D eigenvalue weighted by Gasteiger charge is -2.20. The maximum atomic E-state index is 11.9. The van der Waals surface area contributed by atoms with Crippen LogP contribution in [0.25, 0.3) is 0 Å². The third-order valence-corrected chi connectivity index (χ3v) is 3.29. The third kappa shape index (κ3) is 6.81. The minimum Gasteiger partial charge on any atom is -0.507 e. The van der Waals surface area contributed by atoms with Gasteiger partial charge >= 0.3 is 0 Å². The Morgan fingerprint density at radius 3 is 2.41 bits per heavy atom. The summed E-state index contributed by atoms with van der Waals surface area (Å²) in [7, 11) is 0. The molecule has 7 heteroatoms. The van der Waals surface area contributed by atoms with Crippen LogP contribution < -0.4 is 15.5 Å². The Labute approximate surface area is 158 Å². The van der Waals surface area contributed by atoms with Crippen LogP contribution in [0.4, 0.5) is 0 Å². The molecule has 0 atom stereocenters. The lowest BCUT2D eigenvalue weighted by atomic mass is 10.1. The average molecular weight is 369 g/mol. The van der Waals surface area contributed by atoms with E-state index in [9.17, 15) is 14.7 Å². The zero-order valence-electron chi connectivity index (χ0n) is 15.5. The van der Waals surface area contributed by atoms with Gasteiger partial charge in [0, 0.05) is 5.54 Å². The van der Waals surface area contributed by atoms with Gasteiger partial charge in [0.2, 0.25) is 0 Å². The van der Waals surface area contributed by atoms with E-state index in [4.69, 9.17) is 4.74 Å². The summed E-state index contributed by atoms with van der Waals surface area (Å²) in [5, 5.41) is 16.3. The molecule has 3 N–H and O–H groups in total. The number of hydrogen-bond donors (Lipinski definition) is 3. The fourth-order valence-corrected chi connectivity index (χ4v) is 2.14. The molecule has 2 aromatic rings. The van der Waals surface area contributed by atoms with Crippen molar-refractivity contribution in [3.05, 3.63) is 59.7 Å². The van der Waals surface area contributed by atoms with Gasteiger partial charge in [0.25, 0.3) is 11.8 Å². The molecule has 2 rings (SSSR count). The van der Waals surface area contributed by atoms with E-state index >= 15 is 0 Å². The van der Waals surface area contributed by atoms with Crippen molar-refractivity contribution in [2.24, 2.45) is 5.10 Å². The first-order valence-corrected chi connectivity index (χ1v) is 8.40. The molecule has 0 aliphatic rings. The molecule has 2 aromatic carbocycles. The number of carbonyl (C=O) groups is 2. The molecule has 0 radical (unpaired) electrons. The molecule has 7 nitrogen and oxygen atoms in total. The number of benzene rings is 2. The van der Waals surface area contributed by atoms with Crippen molar-refractivity contribution < 1.29 is 19.4 Å². The van der Waals surface area contributed by atoms with Crippen molar-refractivity contribution in [2.75, 3.05) is 6.61 Å². The van der Waals surface area contributed by atoms with Crippen LogP contribution in [0, 0.1) is 0 Å². The quantitative estimate of drug-likeness (QED) is 0.538. The molecule has 0 bridgehead atoms. The molecule has 27 heavy (non-hydrogen) atoms. The molecule has 0 heterocycles. The highest BCUT2D eigenvalue weighted by Crippen LogP contribution is 2.15. The van der Waals surface area contributed by atoms with Gasteiger partial charge in [-0.25, -0.2) is 5.43 Å². The van der Waals surface area contributed by atoms with Gasteiger partial charge in [0.05, 0.1) is 11.8 Å². The van der Waals surface area contributed by atoms with Gasteiger partial charge in [-0.05, 0) is 62.7 Å². The molecular formula is C20H23N3O4. The van der Waals surface area contributed by atoms with Crippen LogP contribution in [0.2, 0.25) is 0 Å². The minimum absolute atomic E-state index is 0.0681. The van der Waals surface area contributed by atoms with Crippen LogP contribution in [0.3, 0.4) is 0 Å². The predicted octanol–water partition coefficient (Wildman–Crippen LogP) is 2.45. The molecule has 2 amide bonds. The van der Waals surface area contributed by atoms with E-state index in [1.807, 2.05) is 20.8 Å². The average Bonchev–Trinajstić information content (AvgIpc) is 2.60. The van der Waals surface area contributed by atoms with Crippen LogP contribution >= 0.6 is 0 Å². The normalized spacial score (nSPS) is 11.2. The number of amides is 2. The summed E-state index contributed by atoms with van der Waals surface area (Å²) in [5.74, 6) is -0.258. The van der Waals surface area contributed by atoms with E-state index < -0.39 is 5.91 Å². The highest BCUT2D eigenvalue weighted by Gasteiger charge is 2.13. The molecule has 142 valence electrons. The fraction of sp³-hybridized carbons (Fsp3) is 0.250. The van der Waals surface area contributed by atoms with Gasteiger partial charge in [-0.3, -0.25) is 9.59 Å². The van der Waals surface area contributed by atoms with E-state index in [-0.39, 0.29) is 29.4 Å². The number of carbonyl (C=O) groups excluding carboxylic acids is 2. The zero-order valence-corrected chi connectivity index (χ0v) is 15.5. The summed E-state index contributed by atoms with van der Waals surface area (Å²) in [4.78, 5) is 23.6. The van der Waals surface area contributed by atoms with Crippen molar-refractivity contribution in [1.82, 2.24) is 10.7 Å². The standard InChI is InChI=1S/C20H23N3O4/c1-20(2,3)22-18(25)13-27-15-10-8-14(9-11-15)12-21-23-19(26)16-6-4-5-7-17(16)24/h4-12,24H,13H2,1-3H3,(H,22,25)(H,23,26)/b21-12-. The second kappa shape index (κ2) is 8.84. The van der Waals surface area contributed by atoms with Crippen LogP contribution in [0.1, 0.15) is 36.7 Å². The van der Waals surface area contributed by atoms with Gasteiger partial charge < -0.3 is 15.2 Å². The number of phenols is 1. The minimum atomic E-state index is -0.505. The van der Waals surface area contributed by atoms with Crippen LogP contribution in [-0.4, -0.2) is 35.3 Å². The number of aromatic hydroxyl groups is 1. The van der Waals surface area contributed by atoms with E-state index in [2.05, 4.69) is 15.8 Å². The highest BCUT2D eigenvalue weighted by atomic mass is 16.5. The number of nitrogens with one attached hydrogen (secondary N) is 2. The first-order chi connectivity index (χ1) is 12.7. The Bertz CT molecular complexity index is 824. The molecule has 0 aliphatic carbocycles. The van der Waals surface area contributed by atoms with Gasteiger partial charge in [-0.1, -0.05) is 12.1 Å². The number of hydrogen-bond acceptors (Lipinski definition) is 5. The van der Waals surface area contributed by atoms with Crippen LogP contribution in [-0.2, 0) is 4.79 Å². The maximum Gasteiger partial charge on any atom is 0.275 e. The Hall–Kier alpha value is -3.35. The topological polar surface area (TPSA) is 100 Å². The molecule has 0 spiro atoms. The molecule has 0 aromatic heterocycles. The lowest BCUT2D eigenvalue weighted by molar-refractivity contribution is -0.124. The SMILES string of the molecule is CC(C)(C)NC(=O)COc1ccc(/C=N\NC(=O)c2ccccc2O)cc1. The summed E-state index contributed by atoms with van der Waals surface area (Å²) >= 11 is 0. The Morgan fingerprint density at radius 1 is 1.11 bits per heavy atom. The number of nitrogens with zero attached hydrogens (tertiary/aromatic N) is 1. The maximum absolute atomic E-state index is 11.9. The first kappa shape index (κ1) is 20.0. The second-order valence-electron chi connectivity index (χ2n) is 6.87.